The number of aromatic nitrogens is 2. The van der Waals surface area contributed by atoms with E-state index in [4.69, 9.17) is 14.0 Å². The van der Waals surface area contributed by atoms with Crippen LogP contribution in [-0.4, -0.2) is 29.8 Å². The van der Waals surface area contributed by atoms with E-state index in [1.54, 1.807) is 67.8 Å². The molecule has 0 aliphatic rings. The predicted octanol–water partition coefficient (Wildman–Crippen LogP) is 4.57. The van der Waals surface area contributed by atoms with Crippen LogP contribution >= 0.6 is 0 Å². The van der Waals surface area contributed by atoms with Gasteiger partial charge in [0.05, 0.1) is 7.11 Å². The van der Waals surface area contributed by atoms with Gasteiger partial charge in [-0.05, 0) is 60.7 Å². The molecule has 0 saturated heterocycles. The molecule has 0 aliphatic carbocycles. The highest BCUT2D eigenvalue weighted by molar-refractivity contribution is 5.91. The fraction of sp³-hybridized carbons (Fsp3) is 0.0870. The first-order chi connectivity index (χ1) is 15.1. The van der Waals surface area contributed by atoms with Crippen LogP contribution in [0.25, 0.3) is 22.8 Å². The molecule has 0 fully saturated rings. The minimum atomic E-state index is -0.343. The Morgan fingerprint density at radius 1 is 1.00 bits per heavy atom. The van der Waals surface area contributed by atoms with Crippen molar-refractivity contribution < 1.29 is 23.2 Å². The van der Waals surface area contributed by atoms with Crippen LogP contribution in [0.2, 0.25) is 0 Å². The number of hydrogen-bond donors (Lipinski definition) is 1. The number of carbonyl (C=O) groups excluding carboxylic acids is 1. The topological polar surface area (TPSA) is 86.5 Å². The van der Waals surface area contributed by atoms with E-state index in [9.17, 15) is 9.18 Å². The molecular formula is C23H18FN3O4. The second-order valence-corrected chi connectivity index (χ2v) is 6.52. The van der Waals surface area contributed by atoms with E-state index in [2.05, 4.69) is 15.5 Å². The molecule has 3 aromatic carbocycles. The number of rotatable bonds is 7. The molecule has 156 valence electrons. The molecule has 0 radical (unpaired) electrons. The van der Waals surface area contributed by atoms with Crippen molar-refractivity contribution in [1.29, 1.82) is 0 Å². The summed E-state index contributed by atoms with van der Waals surface area (Å²) in [5, 5.41) is 6.72. The highest BCUT2D eigenvalue weighted by Gasteiger charge is 2.12. The lowest BCUT2D eigenvalue weighted by molar-refractivity contribution is -0.118. The minimum absolute atomic E-state index is 0.164. The Morgan fingerprint density at radius 2 is 1.77 bits per heavy atom. The van der Waals surface area contributed by atoms with Gasteiger partial charge in [0.15, 0.2) is 6.61 Å². The largest absolute Gasteiger partial charge is 0.497 e. The number of halogens is 1. The molecule has 1 amide bonds. The summed E-state index contributed by atoms with van der Waals surface area (Å²) in [7, 11) is 1.58. The van der Waals surface area contributed by atoms with Crippen molar-refractivity contribution in [1.82, 2.24) is 10.1 Å². The first kappa shape index (κ1) is 20.1. The summed E-state index contributed by atoms with van der Waals surface area (Å²) in [6.07, 6.45) is 0. The molecule has 1 heterocycles. The van der Waals surface area contributed by atoms with Gasteiger partial charge >= 0.3 is 0 Å². The zero-order chi connectivity index (χ0) is 21.6. The lowest BCUT2D eigenvalue weighted by Crippen LogP contribution is -2.20. The van der Waals surface area contributed by atoms with Gasteiger partial charge in [-0.1, -0.05) is 17.3 Å². The molecule has 0 bridgehead atoms. The summed E-state index contributed by atoms with van der Waals surface area (Å²) in [5.74, 6) is 1.18. The monoisotopic (exact) mass is 419 g/mol. The summed E-state index contributed by atoms with van der Waals surface area (Å²) >= 11 is 0. The second kappa shape index (κ2) is 9.08. The van der Waals surface area contributed by atoms with Gasteiger partial charge in [0, 0.05) is 16.8 Å². The van der Waals surface area contributed by atoms with Crippen molar-refractivity contribution in [2.75, 3.05) is 19.0 Å². The van der Waals surface area contributed by atoms with Gasteiger partial charge in [-0.15, -0.1) is 0 Å². The Kier molecular flexibility index (Phi) is 5.89. The average Bonchev–Trinajstić information content (AvgIpc) is 3.29. The third-order valence-electron chi connectivity index (χ3n) is 4.35. The van der Waals surface area contributed by atoms with E-state index < -0.39 is 0 Å². The number of amides is 1. The van der Waals surface area contributed by atoms with Gasteiger partial charge in [-0.2, -0.15) is 4.98 Å². The van der Waals surface area contributed by atoms with E-state index in [1.165, 1.54) is 12.1 Å². The van der Waals surface area contributed by atoms with Crippen LogP contribution in [0.1, 0.15) is 0 Å². The molecule has 0 saturated carbocycles. The lowest BCUT2D eigenvalue weighted by Gasteiger charge is -2.08. The predicted molar refractivity (Wildman–Crippen MR) is 112 cm³/mol. The lowest BCUT2D eigenvalue weighted by atomic mass is 10.2. The van der Waals surface area contributed by atoms with Gasteiger partial charge in [-0.3, -0.25) is 4.79 Å². The van der Waals surface area contributed by atoms with Crippen molar-refractivity contribution in [2.45, 2.75) is 0 Å². The molecule has 0 atom stereocenters. The number of ether oxygens (including phenoxy) is 2. The van der Waals surface area contributed by atoms with Crippen molar-refractivity contribution in [3.8, 4) is 34.3 Å². The zero-order valence-electron chi connectivity index (χ0n) is 16.5. The molecule has 1 N–H and O–H groups in total. The quantitative estimate of drug-likeness (QED) is 0.472. The number of nitrogens with one attached hydrogen (secondary N) is 1. The minimum Gasteiger partial charge on any atom is -0.497 e. The number of benzene rings is 3. The molecule has 8 heteroatoms. The van der Waals surface area contributed by atoms with Crippen LogP contribution in [-0.2, 0) is 4.79 Å². The average molecular weight is 419 g/mol. The van der Waals surface area contributed by atoms with E-state index in [0.717, 1.165) is 0 Å². The van der Waals surface area contributed by atoms with Crippen molar-refractivity contribution in [3.63, 3.8) is 0 Å². The van der Waals surface area contributed by atoms with Crippen LogP contribution in [0.5, 0.6) is 11.5 Å². The summed E-state index contributed by atoms with van der Waals surface area (Å²) in [6, 6.07) is 19.8. The molecule has 31 heavy (non-hydrogen) atoms. The number of hydrogen-bond acceptors (Lipinski definition) is 6. The molecule has 4 aromatic rings. The second-order valence-electron chi connectivity index (χ2n) is 6.52. The van der Waals surface area contributed by atoms with Crippen LogP contribution in [0.4, 0.5) is 10.1 Å². The highest BCUT2D eigenvalue weighted by atomic mass is 19.1. The fourth-order valence-electron chi connectivity index (χ4n) is 2.80. The van der Waals surface area contributed by atoms with Crippen molar-refractivity contribution >= 4 is 11.6 Å². The van der Waals surface area contributed by atoms with Gasteiger partial charge in [0.25, 0.3) is 11.8 Å². The molecule has 0 spiro atoms. The third kappa shape index (κ3) is 5.05. The first-order valence-electron chi connectivity index (χ1n) is 9.37. The maximum absolute atomic E-state index is 13.1. The Labute approximate surface area is 177 Å². The Bertz CT molecular complexity index is 1170. The molecule has 4 rings (SSSR count). The number of anilines is 1. The summed E-state index contributed by atoms with van der Waals surface area (Å²) < 4.78 is 29.0. The zero-order valence-corrected chi connectivity index (χ0v) is 16.5. The van der Waals surface area contributed by atoms with Crippen LogP contribution in [0.3, 0.4) is 0 Å². The molecule has 0 aliphatic heterocycles. The standard InChI is InChI=1S/C23H18FN3O4/c1-29-19-11-9-18(10-12-19)25-21(28)14-30-20-4-2-3-16(13-20)22-26-23(31-27-22)15-5-7-17(24)8-6-15/h2-13H,14H2,1H3,(H,25,28). The normalized spacial score (nSPS) is 10.5. The molecule has 7 nitrogen and oxygen atoms in total. The first-order valence-corrected chi connectivity index (χ1v) is 9.37. The Hall–Kier alpha value is -4.20. The van der Waals surface area contributed by atoms with E-state index in [-0.39, 0.29) is 24.2 Å². The maximum Gasteiger partial charge on any atom is 0.262 e. The summed E-state index contributed by atoms with van der Waals surface area (Å²) in [5.41, 5.74) is 1.91. The van der Waals surface area contributed by atoms with Crippen molar-refractivity contribution in [2.24, 2.45) is 0 Å². The smallest absolute Gasteiger partial charge is 0.262 e. The SMILES string of the molecule is COc1ccc(NC(=O)COc2cccc(-c3noc(-c4ccc(F)cc4)n3)c2)cc1. The van der Waals surface area contributed by atoms with Crippen LogP contribution < -0.4 is 14.8 Å². The van der Waals surface area contributed by atoms with Gasteiger partial charge < -0.3 is 19.3 Å². The Balaban J connectivity index is 1.39. The van der Waals surface area contributed by atoms with E-state index in [0.29, 0.717) is 34.1 Å². The molecule has 0 unspecified atom stereocenters. The number of nitrogens with zero attached hydrogens (tertiary/aromatic N) is 2. The van der Waals surface area contributed by atoms with Crippen LogP contribution in [0.15, 0.2) is 77.3 Å². The van der Waals surface area contributed by atoms with E-state index in [1.807, 2.05) is 0 Å². The van der Waals surface area contributed by atoms with E-state index >= 15 is 0 Å². The third-order valence-corrected chi connectivity index (χ3v) is 4.35. The number of methoxy groups -OCH3 is 1. The number of carbonyl (C=O) groups is 1. The maximum atomic E-state index is 13.1. The van der Waals surface area contributed by atoms with Crippen molar-refractivity contribution in [3.05, 3.63) is 78.6 Å². The van der Waals surface area contributed by atoms with Gasteiger partial charge in [-0.25, -0.2) is 4.39 Å². The molecule has 1 aromatic heterocycles. The van der Waals surface area contributed by atoms with Gasteiger partial charge in [0.1, 0.15) is 17.3 Å². The summed E-state index contributed by atoms with van der Waals surface area (Å²) in [4.78, 5) is 16.5. The Morgan fingerprint density at radius 3 is 2.52 bits per heavy atom. The highest BCUT2D eigenvalue weighted by Crippen LogP contribution is 2.25. The fourth-order valence-corrected chi connectivity index (χ4v) is 2.80. The molecular weight excluding hydrogens is 401 g/mol. The van der Waals surface area contributed by atoms with Gasteiger partial charge in [0.2, 0.25) is 5.82 Å². The van der Waals surface area contributed by atoms with Crippen LogP contribution in [0, 0.1) is 5.82 Å². The summed E-state index contributed by atoms with van der Waals surface area (Å²) in [6.45, 7) is -0.164.